The van der Waals surface area contributed by atoms with Gasteiger partial charge < -0.3 is 4.57 Å². The average Bonchev–Trinajstić information content (AvgIpc) is 3.21. The lowest BCUT2D eigenvalue weighted by atomic mass is 10.1. The molecule has 0 fully saturated rings. The third-order valence-electron chi connectivity index (χ3n) is 3.57. The summed E-state index contributed by atoms with van der Waals surface area (Å²) < 4.78 is 2.94. The maximum atomic E-state index is 12.3. The number of benzene rings is 1. The molecule has 0 unspecified atom stereocenters. The van der Waals surface area contributed by atoms with Crippen molar-refractivity contribution in [3.05, 3.63) is 58.3 Å². The van der Waals surface area contributed by atoms with Crippen molar-refractivity contribution >= 4 is 56.2 Å². The second-order valence-corrected chi connectivity index (χ2v) is 6.76. The van der Waals surface area contributed by atoms with Crippen LogP contribution >= 0.6 is 27.7 Å². The lowest BCUT2D eigenvalue weighted by molar-refractivity contribution is -0.114. The predicted octanol–water partition coefficient (Wildman–Crippen LogP) is 3.49. The van der Waals surface area contributed by atoms with E-state index in [4.69, 9.17) is 5.41 Å². The van der Waals surface area contributed by atoms with Crippen LogP contribution in [0.4, 0.5) is 0 Å². The number of nitrogens with one attached hydrogen (secondary N) is 1. The minimum absolute atomic E-state index is 0.0369. The Morgan fingerprint density at radius 2 is 2.00 bits per heavy atom. The molecule has 0 saturated heterocycles. The molecule has 0 bridgehead atoms. The van der Waals surface area contributed by atoms with Crippen LogP contribution < -0.4 is 0 Å². The largest absolute Gasteiger partial charge is 0.317 e. The first-order valence-electron chi connectivity index (χ1n) is 7.00. The lowest BCUT2D eigenvalue weighted by Gasteiger charge is -2.20. The lowest BCUT2D eigenvalue weighted by Crippen LogP contribution is -2.35. The molecule has 2 aliphatic rings. The SMILES string of the molecule is N=C1/C(=C/c2cccn2-c2ccc(Br)cc2)C(=O)N=C2SC=NN12. The Bertz CT molecular complexity index is 942. The summed E-state index contributed by atoms with van der Waals surface area (Å²) in [5.74, 6) is -0.386. The van der Waals surface area contributed by atoms with E-state index >= 15 is 0 Å². The molecular weight excluding hydrogens is 390 g/mol. The first-order chi connectivity index (χ1) is 11.6. The van der Waals surface area contributed by atoms with Crippen molar-refractivity contribution in [2.75, 3.05) is 0 Å². The highest BCUT2D eigenvalue weighted by Gasteiger charge is 2.32. The number of amidine groups is 2. The van der Waals surface area contributed by atoms with Gasteiger partial charge in [-0.15, -0.1) is 0 Å². The van der Waals surface area contributed by atoms with Crippen LogP contribution in [-0.2, 0) is 4.79 Å². The normalized spacial score (nSPS) is 18.3. The smallest absolute Gasteiger partial charge is 0.283 e. The summed E-state index contributed by atoms with van der Waals surface area (Å²) in [6.07, 6.45) is 3.58. The van der Waals surface area contributed by atoms with E-state index in [1.807, 2.05) is 47.2 Å². The van der Waals surface area contributed by atoms with Crippen molar-refractivity contribution in [2.45, 2.75) is 0 Å². The van der Waals surface area contributed by atoms with Crippen LogP contribution in [0.15, 0.2) is 62.7 Å². The third-order valence-corrected chi connectivity index (χ3v) is 4.78. The number of carbonyl (C=O) groups excluding carboxylic acids is 1. The number of aliphatic imine (C=N–C) groups is 1. The molecular formula is C16H10BrN5OS. The molecule has 8 heteroatoms. The summed E-state index contributed by atoms with van der Waals surface area (Å²) in [6.45, 7) is 0. The van der Waals surface area contributed by atoms with Gasteiger partial charge in [-0.05, 0) is 54.2 Å². The maximum Gasteiger partial charge on any atom is 0.283 e. The molecule has 0 saturated carbocycles. The van der Waals surface area contributed by atoms with Crippen LogP contribution in [0, 0.1) is 5.41 Å². The van der Waals surface area contributed by atoms with E-state index in [0.29, 0.717) is 5.17 Å². The van der Waals surface area contributed by atoms with Crippen molar-refractivity contribution in [3.8, 4) is 5.69 Å². The average molecular weight is 400 g/mol. The number of nitrogens with zero attached hydrogens (tertiary/aromatic N) is 4. The number of hydrogen-bond acceptors (Lipinski definition) is 4. The zero-order valence-corrected chi connectivity index (χ0v) is 14.6. The van der Waals surface area contributed by atoms with Crippen LogP contribution in [0.2, 0.25) is 0 Å². The summed E-state index contributed by atoms with van der Waals surface area (Å²) in [6, 6.07) is 11.6. The molecule has 24 heavy (non-hydrogen) atoms. The first-order valence-corrected chi connectivity index (χ1v) is 8.67. The first kappa shape index (κ1) is 15.1. The standard InChI is InChI=1S/C16H10BrN5OS/c17-10-3-5-11(6-4-10)21-7-1-2-12(21)8-13-14(18)22-16(20-15(13)23)24-9-19-22/h1-9,18H/b13-8-,18-14?. The highest BCUT2D eigenvalue weighted by Crippen LogP contribution is 2.25. The highest BCUT2D eigenvalue weighted by molar-refractivity contribution is 9.10. The summed E-state index contributed by atoms with van der Waals surface area (Å²) in [5, 5.41) is 14.1. The molecule has 1 N–H and O–H groups in total. The molecule has 0 aliphatic carbocycles. The molecule has 0 radical (unpaired) electrons. The van der Waals surface area contributed by atoms with Gasteiger partial charge in [0.15, 0.2) is 11.0 Å². The Labute approximate surface area is 150 Å². The molecule has 4 rings (SSSR count). The molecule has 0 spiro atoms. The summed E-state index contributed by atoms with van der Waals surface area (Å²) in [5.41, 5.74) is 3.54. The highest BCUT2D eigenvalue weighted by atomic mass is 79.9. The van der Waals surface area contributed by atoms with Crippen LogP contribution in [0.5, 0.6) is 0 Å². The van der Waals surface area contributed by atoms with Crippen molar-refractivity contribution < 1.29 is 4.79 Å². The van der Waals surface area contributed by atoms with Gasteiger partial charge in [0.25, 0.3) is 5.91 Å². The van der Waals surface area contributed by atoms with E-state index in [1.54, 1.807) is 11.6 Å². The van der Waals surface area contributed by atoms with Crippen molar-refractivity contribution in [1.82, 2.24) is 9.58 Å². The number of amides is 1. The maximum absolute atomic E-state index is 12.3. The number of thioether (sulfide) groups is 1. The number of rotatable bonds is 2. The molecule has 1 aromatic heterocycles. The summed E-state index contributed by atoms with van der Waals surface area (Å²) >= 11 is 4.65. The third kappa shape index (κ3) is 2.53. The van der Waals surface area contributed by atoms with E-state index in [0.717, 1.165) is 15.9 Å². The van der Waals surface area contributed by atoms with E-state index in [2.05, 4.69) is 26.0 Å². The summed E-state index contributed by atoms with van der Waals surface area (Å²) in [7, 11) is 0. The van der Waals surface area contributed by atoms with Gasteiger partial charge >= 0.3 is 0 Å². The fraction of sp³-hybridized carbons (Fsp3) is 0. The molecule has 2 aromatic rings. The fourth-order valence-corrected chi connectivity index (χ4v) is 3.31. The monoisotopic (exact) mass is 399 g/mol. The van der Waals surface area contributed by atoms with Gasteiger partial charge in [0.1, 0.15) is 0 Å². The molecule has 1 amide bonds. The van der Waals surface area contributed by atoms with Gasteiger partial charge in [-0.1, -0.05) is 15.9 Å². The topological polar surface area (TPSA) is 73.8 Å². The Balaban J connectivity index is 1.76. The van der Waals surface area contributed by atoms with E-state index in [1.165, 1.54) is 16.8 Å². The Morgan fingerprint density at radius 1 is 1.21 bits per heavy atom. The number of aromatic nitrogens is 1. The van der Waals surface area contributed by atoms with Gasteiger partial charge in [0, 0.05) is 22.1 Å². The van der Waals surface area contributed by atoms with Crippen LogP contribution in [0.1, 0.15) is 5.69 Å². The van der Waals surface area contributed by atoms with Crippen LogP contribution in [0.25, 0.3) is 11.8 Å². The number of fused-ring (bicyclic) bond motifs is 1. The number of hydrazone groups is 1. The molecule has 0 atom stereocenters. The Morgan fingerprint density at radius 3 is 2.79 bits per heavy atom. The van der Waals surface area contributed by atoms with Gasteiger partial charge in [0.2, 0.25) is 0 Å². The molecule has 6 nitrogen and oxygen atoms in total. The van der Waals surface area contributed by atoms with Crippen molar-refractivity contribution in [3.63, 3.8) is 0 Å². The summed E-state index contributed by atoms with van der Waals surface area (Å²) in [4.78, 5) is 16.2. The fourth-order valence-electron chi connectivity index (χ4n) is 2.43. The predicted molar refractivity (Wildman–Crippen MR) is 99.5 cm³/mol. The minimum Gasteiger partial charge on any atom is -0.317 e. The number of halogens is 1. The van der Waals surface area contributed by atoms with Crippen molar-refractivity contribution in [2.24, 2.45) is 10.1 Å². The van der Waals surface area contributed by atoms with E-state index in [9.17, 15) is 4.79 Å². The zero-order valence-electron chi connectivity index (χ0n) is 12.2. The number of hydrogen-bond donors (Lipinski definition) is 1. The van der Waals surface area contributed by atoms with Crippen molar-refractivity contribution in [1.29, 1.82) is 5.41 Å². The molecule has 1 aromatic carbocycles. The Kier molecular flexibility index (Phi) is 3.70. The molecule has 2 aliphatic heterocycles. The molecule has 3 heterocycles. The zero-order chi connectivity index (χ0) is 16.7. The minimum atomic E-state index is -0.423. The van der Waals surface area contributed by atoms with E-state index < -0.39 is 5.91 Å². The van der Waals surface area contributed by atoms with Gasteiger partial charge in [0.05, 0.1) is 11.1 Å². The second-order valence-electron chi connectivity index (χ2n) is 5.04. The van der Waals surface area contributed by atoms with Gasteiger partial charge in [-0.25, -0.2) is 0 Å². The van der Waals surface area contributed by atoms with Crippen LogP contribution in [-0.4, -0.2) is 32.0 Å². The van der Waals surface area contributed by atoms with Crippen LogP contribution in [0.3, 0.4) is 0 Å². The quantitative estimate of drug-likeness (QED) is 0.785. The number of carbonyl (C=O) groups is 1. The van der Waals surface area contributed by atoms with Gasteiger partial charge in [-0.3, -0.25) is 10.2 Å². The van der Waals surface area contributed by atoms with Gasteiger partial charge in [-0.2, -0.15) is 15.1 Å². The van der Waals surface area contributed by atoms with E-state index in [-0.39, 0.29) is 11.4 Å². The Hall–Kier alpha value is -2.45. The second kappa shape index (κ2) is 5.88. The molecule has 118 valence electrons.